The monoisotopic (exact) mass is 396 g/mol. The molecule has 0 aliphatic carbocycles. The van der Waals surface area contributed by atoms with E-state index in [-0.39, 0.29) is 38.2 Å². The van der Waals surface area contributed by atoms with Crippen molar-refractivity contribution in [2.75, 3.05) is 32.2 Å². The maximum atomic E-state index is 11.3. The van der Waals surface area contributed by atoms with E-state index >= 15 is 0 Å². The van der Waals surface area contributed by atoms with E-state index in [1.807, 2.05) is 0 Å². The van der Waals surface area contributed by atoms with Gasteiger partial charge in [0.1, 0.15) is 26.4 Å². The molecule has 12 heteroatoms. The predicted octanol–water partition coefficient (Wildman–Crippen LogP) is -0.597. The van der Waals surface area contributed by atoms with Crippen molar-refractivity contribution < 1.29 is 51.1 Å². The summed E-state index contributed by atoms with van der Waals surface area (Å²) in [6.45, 7) is 3.78. The molecule has 0 saturated heterocycles. The van der Waals surface area contributed by atoms with Crippen molar-refractivity contribution in [1.82, 2.24) is 0 Å². The second-order valence-corrected chi connectivity index (χ2v) is 6.26. The van der Waals surface area contributed by atoms with Gasteiger partial charge in [-0.2, -0.15) is 8.42 Å². The van der Waals surface area contributed by atoms with E-state index in [1.165, 1.54) is 6.92 Å². The third-order valence-electron chi connectivity index (χ3n) is 2.37. The summed E-state index contributed by atoms with van der Waals surface area (Å²) < 4.78 is 47.6. The van der Waals surface area contributed by atoms with Crippen molar-refractivity contribution in [3.8, 4) is 0 Å². The first-order valence-electron chi connectivity index (χ1n) is 7.26. The summed E-state index contributed by atoms with van der Waals surface area (Å²) in [6, 6.07) is 0. The molecule has 0 radical (unpaired) electrons. The molecule has 0 atom stereocenters. The molecule has 0 heterocycles. The van der Waals surface area contributed by atoms with Crippen LogP contribution in [-0.2, 0) is 48.2 Å². The molecule has 0 fully saturated rings. The van der Waals surface area contributed by atoms with E-state index < -0.39 is 46.4 Å². The molecule has 1 N–H and O–H groups in total. The molecule has 0 unspecified atom stereocenters. The topological polar surface area (TPSA) is 160 Å². The Morgan fingerprint density at radius 1 is 0.808 bits per heavy atom. The first kappa shape index (κ1) is 23.5. The zero-order valence-electron chi connectivity index (χ0n) is 14.1. The molecule has 0 bridgehead atoms. The van der Waals surface area contributed by atoms with Gasteiger partial charge in [-0.3, -0.25) is 18.9 Å². The molecule has 0 saturated carbocycles. The second-order valence-electron chi connectivity index (χ2n) is 4.80. The van der Waals surface area contributed by atoms with Gasteiger partial charge >= 0.3 is 23.9 Å². The van der Waals surface area contributed by atoms with Gasteiger partial charge in [-0.1, -0.05) is 6.58 Å². The number of esters is 4. The van der Waals surface area contributed by atoms with Gasteiger partial charge in [0.2, 0.25) is 0 Å². The Morgan fingerprint density at radius 3 is 1.58 bits per heavy atom. The van der Waals surface area contributed by atoms with Crippen LogP contribution in [0.15, 0.2) is 12.2 Å². The van der Waals surface area contributed by atoms with Gasteiger partial charge in [0, 0.05) is 5.57 Å². The average molecular weight is 396 g/mol. The van der Waals surface area contributed by atoms with Crippen LogP contribution in [0.5, 0.6) is 0 Å². The quantitative estimate of drug-likeness (QED) is 0.147. The van der Waals surface area contributed by atoms with Crippen molar-refractivity contribution in [1.29, 1.82) is 0 Å². The maximum absolute atomic E-state index is 11.3. The highest BCUT2D eigenvalue weighted by molar-refractivity contribution is 7.86. The minimum Gasteiger partial charge on any atom is -0.462 e. The Morgan fingerprint density at radius 2 is 1.19 bits per heavy atom. The molecular weight excluding hydrogens is 376 g/mol. The van der Waals surface area contributed by atoms with Crippen LogP contribution in [0.25, 0.3) is 0 Å². The van der Waals surface area contributed by atoms with E-state index in [2.05, 4.69) is 16.1 Å². The lowest BCUT2D eigenvalue weighted by molar-refractivity contribution is -0.154. The van der Waals surface area contributed by atoms with Crippen molar-refractivity contribution in [2.45, 2.75) is 19.8 Å². The SMILES string of the molecule is C=C(C)C(=O)OCCOC(=O)CCC(=O)OCCOC(=O)CS(=O)(=O)O. The summed E-state index contributed by atoms with van der Waals surface area (Å²) in [5.41, 5.74) is 0.211. The molecule has 0 aromatic rings. The Labute approximate surface area is 150 Å². The van der Waals surface area contributed by atoms with Crippen LogP contribution < -0.4 is 0 Å². The first-order valence-corrected chi connectivity index (χ1v) is 8.87. The largest absolute Gasteiger partial charge is 0.462 e. The molecular formula is C14H20O11S. The number of carbonyl (C=O) groups excluding carboxylic acids is 4. The van der Waals surface area contributed by atoms with Crippen LogP contribution >= 0.6 is 0 Å². The minimum absolute atomic E-state index is 0.142. The van der Waals surface area contributed by atoms with Gasteiger partial charge in [-0.05, 0) is 6.92 Å². The van der Waals surface area contributed by atoms with E-state index in [9.17, 15) is 27.6 Å². The third kappa shape index (κ3) is 13.9. The van der Waals surface area contributed by atoms with E-state index in [1.54, 1.807) is 0 Å². The van der Waals surface area contributed by atoms with Gasteiger partial charge in [0.05, 0.1) is 12.8 Å². The fourth-order valence-corrected chi connectivity index (χ4v) is 1.64. The standard InChI is InChI=1S/C14H20O11S/c1-10(2)14(18)25-8-7-23-12(16)4-3-11(15)22-5-6-24-13(17)9-26(19,20)21/h1,3-9H2,2H3,(H,19,20,21). The van der Waals surface area contributed by atoms with Crippen molar-refractivity contribution in [3.05, 3.63) is 12.2 Å². The van der Waals surface area contributed by atoms with Crippen LogP contribution in [0.3, 0.4) is 0 Å². The smallest absolute Gasteiger partial charge is 0.333 e. The lowest BCUT2D eigenvalue weighted by Gasteiger charge is -2.07. The summed E-state index contributed by atoms with van der Waals surface area (Å²) in [5.74, 6) is -4.47. The van der Waals surface area contributed by atoms with Crippen molar-refractivity contribution in [2.24, 2.45) is 0 Å². The van der Waals surface area contributed by atoms with Gasteiger partial charge in [-0.25, -0.2) is 4.79 Å². The normalized spacial score (nSPS) is 10.5. The lowest BCUT2D eigenvalue weighted by Crippen LogP contribution is -2.20. The highest BCUT2D eigenvalue weighted by Gasteiger charge is 2.14. The zero-order valence-corrected chi connectivity index (χ0v) is 14.9. The van der Waals surface area contributed by atoms with Crippen LogP contribution in [0.1, 0.15) is 19.8 Å². The van der Waals surface area contributed by atoms with Crippen LogP contribution in [0.2, 0.25) is 0 Å². The molecule has 11 nitrogen and oxygen atoms in total. The van der Waals surface area contributed by atoms with E-state index in [0.29, 0.717) is 0 Å². The summed E-state index contributed by atoms with van der Waals surface area (Å²) in [6.07, 6.45) is -0.556. The molecule has 0 spiro atoms. The molecule has 0 amide bonds. The Kier molecular flexibility index (Phi) is 10.8. The van der Waals surface area contributed by atoms with Crippen LogP contribution in [0.4, 0.5) is 0 Å². The Bertz CT molecular complexity index is 635. The maximum Gasteiger partial charge on any atom is 0.333 e. The second kappa shape index (κ2) is 12.0. The number of rotatable bonds is 12. The summed E-state index contributed by atoms with van der Waals surface area (Å²) in [7, 11) is -4.48. The zero-order chi connectivity index (χ0) is 20.2. The highest BCUT2D eigenvalue weighted by Crippen LogP contribution is 1.97. The molecule has 0 aliphatic rings. The van der Waals surface area contributed by atoms with Crippen LogP contribution in [-0.4, -0.2) is 69.0 Å². The first-order chi connectivity index (χ1) is 12.0. The molecule has 26 heavy (non-hydrogen) atoms. The van der Waals surface area contributed by atoms with Crippen molar-refractivity contribution in [3.63, 3.8) is 0 Å². The Hall–Kier alpha value is -2.47. The Balaban J connectivity index is 3.72. The summed E-state index contributed by atoms with van der Waals surface area (Å²) in [4.78, 5) is 44.6. The van der Waals surface area contributed by atoms with E-state index in [4.69, 9.17) is 14.0 Å². The van der Waals surface area contributed by atoms with Gasteiger partial charge in [-0.15, -0.1) is 0 Å². The lowest BCUT2D eigenvalue weighted by atomic mass is 10.3. The number of carbonyl (C=O) groups is 4. The highest BCUT2D eigenvalue weighted by atomic mass is 32.2. The summed E-state index contributed by atoms with van der Waals surface area (Å²) in [5, 5.41) is 0. The molecule has 0 aromatic carbocycles. The molecule has 0 aromatic heterocycles. The molecule has 148 valence electrons. The average Bonchev–Trinajstić information content (AvgIpc) is 2.51. The van der Waals surface area contributed by atoms with Gasteiger partial charge in [0.25, 0.3) is 10.1 Å². The van der Waals surface area contributed by atoms with Gasteiger partial charge in [0.15, 0.2) is 5.75 Å². The number of ether oxygens (including phenoxy) is 4. The number of hydrogen-bond donors (Lipinski definition) is 1. The van der Waals surface area contributed by atoms with E-state index in [0.717, 1.165) is 0 Å². The predicted molar refractivity (Wildman–Crippen MR) is 84.3 cm³/mol. The van der Waals surface area contributed by atoms with Gasteiger partial charge < -0.3 is 18.9 Å². The fraction of sp³-hybridized carbons (Fsp3) is 0.571. The summed E-state index contributed by atoms with van der Waals surface area (Å²) >= 11 is 0. The van der Waals surface area contributed by atoms with Crippen LogP contribution in [0, 0.1) is 0 Å². The third-order valence-corrected chi connectivity index (χ3v) is 2.97. The van der Waals surface area contributed by atoms with Crippen molar-refractivity contribution >= 4 is 34.0 Å². The number of hydrogen-bond acceptors (Lipinski definition) is 10. The minimum atomic E-state index is -4.48. The fourth-order valence-electron chi connectivity index (χ4n) is 1.26. The molecule has 0 rings (SSSR count). The molecule has 0 aliphatic heterocycles.